The molecule has 0 unspecified atom stereocenters. The summed E-state index contributed by atoms with van der Waals surface area (Å²) in [4.78, 5) is 117. The Kier molecular flexibility index (Phi) is 19.4. The zero-order chi connectivity index (χ0) is 56.5. The molecule has 4 fully saturated rings. The predicted molar refractivity (Wildman–Crippen MR) is 304 cm³/mol. The lowest BCUT2D eigenvalue weighted by Crippen LogP contribution is -2.58. The third-order valence-electron chi connectivity index (χ3n) is 18.2. The summed E-state index contributed by atoms with van der Waals surface area (Å²) >= 11 is 0. The maximum Gasteiger partial charge on any atom is 0.251 e. The molecule has 4 aliphatic carbocycles. The SMILES string of the molecule is CN[C@@H](C)C(=O)N[C@H](C(=O)N1C[C@@H](NC(=O)c2ccc(C(=O)N[C@H]3C[C@@H](C(=O)N[C@H]4CCCc5ccccc54)N(C(=O)[C@@H](NC(=O)[C@H](C)NC)C4CCCCC4)C3)cc2)C[C@H]1C(=O)N[C@H]1CCCc2ccccc21)C1CCCCC1. The van der Waals surface area contributed by atoms with Crippen molar-refractivity contribution in [2.24, 2.45) is 11.8 Å². The van der Waals surface area contributed by atoms with Gasteiger partial charge < -0.3 is 52.3 Å². The zero-order valence-electron chi connectivity index (χ0n) is 47.2. The molecule has 0 radical (unpaired) electrons. The van der Waals surface area contributed by atoms with E-state index in [0.29, 0.717) is 0 Å². The minimum atomic E-state index is -0.909. The first-order valence-electron chi connectivity index (χ1n) is 29.8. The molecule has 2 heterocycles. The fraction of sp³-hybridized carbons (Fsp3) is 0.581. The van der Waals surface area contributed by atoms with E-state index in [0.717, 1.165) is 114 Å². The van der Waals surface area contributed by atoms with Crippen LogP contribution in [0.25, 0.3) is 0 Å². The van der Waals surface area contributed by atoms with Gasteiger partial charge in [0, 0.05) is 36.3 Å². The molecule has 9 rings (SSSR count). The van der Waals surface area contributed by atoms with Crippen LogP contribution in [0, 0.1) is 11.8 Å². The molecular weight excluding hydrogens is 1010 g/mol. The highest BCUT2D eigenvalue weighted by atomic mass is 16.2. The van der Waals surface area contributed by atoms with E-state index >= 15 is 0 Å². The van der Waals surface area contributed by atoms with Gasteiger partial charge in [0.25, 0.3) is 11.8 Å². The monoisotopic (exact) mass is 1100 g/mol. The molecular formula is C62H84N10O8. The molecule has 18 heteroatoms. The fourth-order valence-electron chi connectivity index (χ4n) is 13.4. The van der Waals surface area contributed by atoms with Crippen molar-refractivity contribution in [2.45, 2.75) is 190 Å². The summed E-state index contributed by atoms with van der Waals surface area (Å²) < 4.78 is 0. The molecule has 8 N–H and O–H groups in total. The van der Waals surface area contributed by atoms with E-state index in [2.05, 4.69) is 54.7 Å². The molecule has 2 aliphatic heterocycles. The van der Waals surface area contributed by atoms with Crippen LogP contribution in [0.3, 0.4) is 0 Å². The second kappa shape index (κ2) is 26.7. The molecule has 2 saturated heterocycles. The van der Waals surface area contributed by atoms with Crippen molar-refractivity contribution < 1.29 is 38.4 Å². The molecule has 3 aromatic rings. The van der Waals surface area contributed by atoms with Crippen molar-refractivity contribution in [2.75, 3.05) is 27.2 Å². The van der Waals surface area contributed by atoms with E-state index < -0.39 is 60.1 Å². The van der Waals surface area contributed by atoms with Gasteiger partial charge in [0.15, 0.2) is 0 Å². The number of fused-ring (bicyclic) bond motifs is 2. The second-order valence-electron chi connectivity index (χ2n) is 23.5. The van der Waals surface area contributed by atoms with E-state index in [1.165, 1.54) is 11.1 Å². The first-order valence-corrected chi connectivity index (χ1v) is 29.8. The van der Waals surface area contributed by atoms with Crippen molar-refractivity contribution in [1.82, 2.24) is 52.3 Å². The number of benzene rings is 3. The molecule has 80 heavy (non-hydrogen) atoms. The quantitative estimate of drug-likeness (QED) is 0.0865. The van der Waals surface area contributed by atoms with Crippen LogP contribution in [0.2, 0.25) is 0 Å². The number of amides is 8. The van der Waals surface area contributed by atoms with Crippen molar-refractivity contribution in [3.05, 3.63) is 106 Å². The number of rotatable bonds is 18. The lowest BCUT2D eigenvalue weighted by atomic mass is 9.83. The van der Waals surface area contributed by atoms with Gasteiger partial charge in [0.05, 0.1) is 24.2 Å². The molecule has 430 valence electrons. The Labute approximate surface area is 471 Å². The van der Waals surface area contributed by atoms with Crippen molar-refractivity contribution in [3.63, 3.8) is 0 Å². The van der Waals surface area contributed by atoms with Gasteiger partial charge in [-0.25, -0.2) is 0 Å². The van der Waals surface area contributed by atoms with E-state index in [-0.39, 0.29) is 96.4 Å². The van der Waals surface area contributed by atoms with Crippen LogP contribution in [-0.2, 0) is 41.6 Å². The smallest absolute Gasteiger partial charge is 0.251 e. The van der Waals surface area contributed by atoms with Crippen LogP contribution >= 0.6 is 0 Å². The number of likely N-dealkylation sites (tertiary alicyclic amines) is 2. The van der Waals surface area contributed by atoms with Crippen molar-refractivity contribution >= 4 is 47.3 Å². The van der Waals surface area contributed by atoms with Crippen LogP contribution in [0.1, 0.15) is 172 Å². The minimum absolute atomic E-state index is 0.0573. The predicted octanol–water partition coefficient (Wildman–Crippen LogP) is 4.82. The summed E-state index contributed by atoms with van der Waals surface area (Å²) in [5, 5.41) is 24.7. The average Bonchev–Trinajstić information content (AvgIpc) is 4.12. The van der Waals surface area contributed by atoms with Crippen LogP contribution in [0.15, 0.2) is 72.8 Å². The molecule has 8 amide bonds. The van der Waals surface area contributed by atoms with Gasteiger partial charge >= 0.3 is 0 Å². The van der Waals surface area contributed by atoms with Crippen LogP contribution in [0.4, 0.5) is 0 Å². The highest BCUT2D eigenvalue weighted by molar-refractivity contribution is 5.99. The number of hydrogen-bond donors (Lipinski definition) is 8. The Morgan fingerprint density at radius 1 is 0.463 bits per heavy atom. The topological polar surface area (TPSA) is 239 Å². The third kappa shape index (κ3) is 13.6. The summed E-state index contributed by atoms with van der Waals surface area (Å²) in [6.45, 7) is 3.59. The molecule has 10 atom stereocenters. The molecule has 0 bridgehead atoms. The van der Waals surface area contributed by atoms with Gasteiger partial charge in [0.1, 0.15) is 24.2 Å². The number of nitrogens with one attached hydrogen (secondary N) is 8. The summed E-state index contributed by atoms with van der Waals surface area (Å²) in [7, 11) is 3.38. The Balaban J connectivity index is 0.896. The largest absolute Gasteiger partial charge is 0.347 e. The van der Waals surface area contributed by atoms with Crippen molar-refractivity contribution in [1.29, 1.82) is 0 Å². The summed E-state index contributed by atoms with van der Waals surface area (Å²) in [6, 6.07) is 16.1. The Morgan fingerprint density at radius 2 is 0.838 bits per heavy atom. The Morgan fingerprint density at radius 3 is 1.21 bits per heavy atom. The second-order valence-corrected chi connectivity index (χ2v) is 23.5. The number of likely N-dealkylation sites (N-methyl/N-ethyl adjacent to an activating group) is 2. The molecule has 0 aromatic heterocycles. The Hall–Kier alpha value is -6.66. The van der Waals surface area contributed by atoms with Crippen molar-refractivity contribution in [3.8, 4) is 0 Å². The van der Waals surface area contributed by atoms with E-state index in [9.17, 15) is 38.4 Å². The highest BCUT2D eigenvalue weighted by Gasteiger charge is 2.47. The van der Waals surface area contributed by atoms with Gasteiger partial charge in [-0.3, -0.25) is 38.4 Å². The van der Waals surface area contributed by atoms with Gasteiger partial charge in [-0.15, -0.1) is 0 Å². The number of nitrogens with zero attached hydrogens (tertiary/aromatic N) is 2. The third-order valence-corrected chi connectivity index (χ3v) is 18.2. The number of hydrogen-bond acceptors (Lipinski definition) is 10. The number of carbonyl (C=O) groups excluding carboxylic acids is 8. The molecule has 3 aromatic carbocycles. The maximum absolute atomic E-state index is 14.9. The molecule has 0 spiro atoms. The fourth-order valence-corrected chi connectivity index (χ4v) is 13.4. The molecule has 18 nitrogen and oxygen atoms in total. The zero-order valence-corrected chi connectivity index (χ0v) is 47.2. The number of carbonyl (C=O) groups is 8. The lowest BCUT2D eigenvalue weighted by Gasteiger charge is -2.35. The molecule has 6 aliphatic rings. The first-order chi connectivity index (χ1) is 38.7. The minimum Gasteiger partial charge on any atom is -0.347 e. The average molecular weight is 1100 g/mol. The van der Waals surface area contributed by atoms with Crippen LogP contribution in [0.5, 0.6) is 0 Å². The number of aryl methyl sites for hydroxylation is 2. The van der Waals surface area contributed by atoms with E-state index in [1.807, 2.05) is 36.4 Å². The normalized spacial score (nSPS) is 24.6. The summed E-state index contributed by atoms with van der Waals surface area (Å²) in [6.07, 6.45) is 14.4. The van der Waals surface area contributed by atoms with Gasteiger partial charge in [0.2, 0.25) is 35.4 Å². The van der Waals surface area contributed by atoms with Gasteiger partial charge in [-0.1, -0.05) is 87.1 Å². The summed E-state index contributed by atoms with van der Waals surface area (Å²) in [5.74, 6) is -2.99. The first kappa shape index (κ1) is 58.0. The van der Waals surface area contributed by atoms with E-state index in [4.69, 9.17) is 0 Å². The standard InChI is InChI=1S/C62H84N10O8/c1-37(63-3)55(73)69-53(41-19-7-5-8-20-41)61(79)71-35-45(33-51(71)59(77)67-49-27-15-23-39-17-11-13-25-47(39)49)65-57(75)43-29-31-44(32-30-43)58(76)66-46-34-52(60(78)68-50-28-16-24-40-18-12-14-26-48(40)50)72(36-46)62(80)54(42-21-9-6-10-22-42)70-56(74)38(2)64-4/h11-14,17-18,25-26,29-32,37-38,41-42,45-46,49-54,63-64H,5-10,15-16,19-24,27-28,33-36H2,1-4H3,(H,65,75)(H,66,76)(H,67,77)(H,68,78)(H,69,73)(H,70,74)/t37-,38-,45-,46-,49-,50-,51-,52-,53-,54-/m0/s1. The Bertz CT molecular complexity index is 2540. The van der Waals surface area contributed by atoms with E-state index in [1.54, 1.807) is 62.0 Å². The highest BCUT2D eigenvalue weighted by Crippen LogP contribution is 2.35. The van der Waals surface area contributed by atoms with Gasteiger partial charge in [-0.05, 0) is 163 Å². The lowest BCUT2D eigenvalue weighted by molar-refractivity contribution is -0.143. The maximum atomic E-state index is 14.9. The van der Waals surface area contributed by atoms with Crippen LogP contribution in [-0.4, -0.2) is 133 Å². The molecule has 2 saturated carbocycles. The summed E-state index contributed by atoms with van der Waals surface area (Å²) in [5.41, 5.74) is 5.02. The van der Waals surface area contributed by atoms with Gasteiger partial charge in [-0.2, -0.15) is 0 Å². The van der Waals surface area contributed by atoms with Crippen LogP contribution < -0.4 is 42.5 Å².